The Morgan fingerprint density at radius 3 is 2.49 bits per heavy atom. The lowest BCUT2D eigenvalue weighted by Crippen LogP contribution is -2.11. The Morgan fingerprint density at radius 2 is 1.80 bits per heavy atom. The molecule has 5 rings (SSSR count). The molecule has 0 spiro atoms. The summed E-state index contributed by atoms with van der Waals surface area (Å²) in [5.74, 6) is 0.665. The van der Waals surface area contributed by atoms with E-state index in [1.807, 2.05) is 45.0 Å². The molecule has 35 heavy (non-hydrogen) atoms. The van der Waals surface area contributed by atoms with Crippen molar-refractivity contribution in [2.45, 2.75) is 31.8 Å². The molecule has 0 aliphatic heterocycles. The Balaban J connectivity index is 1.74. The SMILES string of the molecule is Cc1ccc(S(=O)(=O)n2cc(-c3cccc(OC(C)C)n3)c3cc(-c4nc(N)ns4)ccc32)cc1. The molecule has 2 aromatic carbocycles. The van der Waals surface area contributed by atoms with Crippen LogP contribution in [0.25, 0.3) is 32.7 Å². The van der Waals surface area contributed by atoms with Crippen molar-refractivity contribution in [3.05, 3.63) is 72.4 Å². The maximum atomic E-state index is 13.7. The Hall–Kier alpha value is -3.76. The van der Waals surface area contributed by atoms with E-state index in [0.717, 1.165) is 11.1 Å². The van der Waals surface area contributed by atoms with Crippen LogP contribution in [0.15, 0.2) is 71.8 Å². The zero-order chi connectivity index (χ0) is 24.7. The average molecular weight is 506 g/mol. The molecule has 0 saturated carbocycles. The van der Waals surface area contributed by atoms with Gasteiger partial charge in [0.15, 0.2) is 0 Å². The number of hydrogen-bond acceptors (Lipinski definition) is 8. The summed E-state index contributed by atoms with van der Waals surface area (Å²) < 4.78 is 38.4. The molecule has 8 nitrogen and oxygen atoms in total. The number of benzene rings is 2. The average Bonchev–Trinajstić information content (AvgIpc) is 3.43. The highest BCUT2D eigenvalue weighted by atomic mass is 32.2. The van der Waals surface area contributed by atoms with Crippen LogP contribution in [0, 0.1) is 6.92 Å². The van der Waals surface area contributed by atoms with E-state index >= 15 is 0 Å². The predicted molar refractivity (Wildman–Crippen MR) is 138 cm³/mol. The van der Waals surface area contributed by atoms with Crippen molar-refractivity contribution >= 4 is 38.4 Å². The molecule has 3 heterocycles. The standard InChI is InChI=1S/C25H23N5O3S2/c1-15(2)33-23-6-4-5-21(27-23)20-14-30(35(31,32)18-10-7-16(3)8-11-18)22-12-9-17(13-19(20)22)24-28-25(26)29-34-24/h4-15H,1-3H3,(H2,26,29). The van der Waals surface area contributed by atoms with Gasteiger partial charge in [-0.2, -0.15) is 9.36 Å². The lowest BCUT2D eigenvalue weighted by atomic mass is 10.1. The highest BCUT2D eigenvalue weighted by molar-refractivity contribution is 7.90. The maximum Gasteiger partial charge on any atom is 0.268 e. The van der Waals surface area contributed by atoms with Crippen LogP contribution in [0.4, 0.5) is 5.95 Å². The molecule has 5 aromatic rings. The van der Waals surface area contributed by atoms with Gasteiger partial charge in [-0.1, -0.05) is 23.8 Å². The Bertz CT molecular complexity index is 1640. The molecule has 0 bridgehead atoms. The molecule has 0 radical (unpaired) electrons. The number of pyridine rings is 1. The highest BCUT2D eigenvalue weighted by Crippen LogP contribution is 2.36. The number of aryl methyl sites for hydroxylation is 1. The van der Waals surface area contributed by atoms with E-state index in [1.54, 1.807) is 42.6 Å². The highest BCUT2D eigenvalue weighted by Gasteiger charge is 2.23. The van der Waals surface area contributed by atoms with E-state index in [4.69, 9.17) is 10.5 Å². The summed E-state index contributed by atoms with van der Waals surface area (Å²) in [6.45, 7) is 5.77. The largest absolute Gasteiger partial charge is 0.475 e. The van der Waals surface area contributed by atoms with Gasteiger partial charge in [-0.15, -0.1) is 0 Å². The van der Waals surface area contributed by atoms with Crippen LogP contribution >= 0.6 is 11.5 Å². The lowest BCUT2D eigenvalue weighted by molar-refractivity contribution is 0.233. The maximum absolute atomic E-state index is 13.7. The molecular formula is C25H23N5O3S2. The van der Waals surface area contributed by atoms with E-state index in [-0.39, 0.29) is 16.9 Å². The number of aromatic nitrogens is 4. The first-order chi connectivity index (χ1) is 16.7. The first-order valence-electron chi connectivity index (χ1n) is 10.9. The van der Waals surface area contributed by atoms with E-state index in [0.29, 0.717) is 33.0 Å². The molecule has 0 fully saturated rings. The molecule has 3 aromatic heterocycles. The molecule has 0 atom stereocenters. The first kappa shape index (κ1) is 23.0. The summed E-state index contributed by atoms with van der Waals surface area (Å²) in [6, 6.07) is 17.7. The van der Waals surface area contributed by atoms with Gasteiger partial charge < -0.3 is 10.5 Å². The summed E-state index contributed by atoms with van der Waals surface area (Å²) in [5, 5.41) is 1.36. The van der Waals surface area contributed by atoms with Crippen molar-refractivity contribution in [3.63, 3.8) is 0 Å². The molecular weight excluding hydrogens is 482 g/mol. The summed E-state index contributed by atoms with van der Waals surface area (Å²) in [6.07, 6.45) is 1.56. The van der Waals surface area contributed by atoms with Gasteiger partial charge in [0, 0.05) is 28.8 Å². The van der Waals surface area contributed by atoms with Gasteiger partial charge in [0.05, 0.1) is 22.2 Å². The van der Waals surface area contributed by atoms with Crippen LogP contribution < -0.4 is 10.5 Å². The quantitative estimate of drug-likeness (QED) is 0.340. The second-order valence-electron chi connectivity index (χ2n) is 8.37. The van der Waals surface area contributed by atoms with Gasteiger partial charge in [-0.05, 0) is 68.7 Å². The Labute approximate surface area is 207 Å². The molecule has 0 amide bonds. The molecule has 10 heteroatoms. The summed E-state index contributed by atoms with van der Waals surface area (Å²) >= 11 is 1.19. The lowest BCUT2D eigenvalue weighted by Gasteiger charge is -2.09. The van der Waals surface area contributed by atoms with Crippen molar-refractivity contribution in [2.24, 2.45) is 0 Å². The van der Waals surface area contributed by atoms with Gasteiger partial charge in [0.2, 0.25) is 11.8 Å². The number of anilines is 1. The minimum absolute atomic E-state index is 0.0459. The number of hydrogen-bond donors (Lipinski definition) is 1. The van der Waals surface area contributed by atoms with Crippen molar-refractivity contribution < 1.29 is 13.2 Å². The Morgan fingerprint density at radius 1 is 1.03 bits per heavy atom. The minimum atomic E-state index is -3.86. The third-order valence-corrected chi connectivity index (χ3v) is 7.86. The number of rotatable bonds is 6. The second kappa shape index (κ2) is 8.79. The first-order valence-corrected chi connectivity index (χ1v) is 13.1. The minimum Gasteiger partial charge on any atom is -0.475 e. The third-order valence-electron chi connectivity index (χ3n) is 5.39. The van der Waals surface area contributed by atoms with Crippen molar-refractivity contribution in [1.29, 1.82) is 0 Å². The van der Waals surface area contributed by atoms with Crippen LogP contribution in [-0.4, -0.2) is 32.8 Å². The van der Waals surface area contributed by atoms with E-state index in [2.05, 4.69) is 14.3 Å². The van der Waals surface area contributed by atoms with E-state index in [9.17, 15) is 8.42 Å². The van der Waals surface area contributed by atoms with Crippen LogP contribution in [0.2, 0.25) is 0 Å². The second-order valence-corrected chi connectivity index (χ2v) is 10.9. The number of ether oxygens (including phenoxy) is 1. The van der Waals surface area contributed by atoms with E-state index in [1.165, 1.54) is 15.5 Å². The van der Waals surface area contributed by atoms with Crippen LogP contribution in [-0.2, 0) is 10.0 Å². The Kier molecular flexibility index (Phi) is 5.78. The van der Waals surface area contributed by atoms with Gasteiger partial charge >= 0.3 is 0 Å². The topological polar surface area (TPSA) is 113 Å². The van der Waals surface area contributed by atoms with Crippen molar-refractivity contribution in [3.8, 4) is 27.7 Å². The van der Waals surface area contributed by atoms with Crippen molar-refractivity contribution in [2.75, 3.05) is 5.73 Å². The number of nitrogen functional groups attached to an aromatic ring is 1. The van der Waals surface area contributed by atoms with Gasteiger partial charge in [-0.3, -0.25) is 0 Å². The molecule has 0 aliphatic rings. The molecule has 0 unspecified atom stereocenters. The van der Waals surface area contributed by atoms with Crippen molar-refractivity contribution in [1.82, 2.24) is 18.3 Å². The fourth-order valence-corrected chi connectivity index (χ4v) is 5.74. The summed E-state index contributed by atoms with van der Waals surface area (Å²) in [7, 11) is -3.86. The van der Waals surface area contributed by atoms with Gasteiger partial charge in [0.1, 0.15) is 5.01 Å². The van der Waals surface area contributed by atoms with Gasteiger partial charge in [0.25, 0.3) is 10.0 Å². The molecule has 0 saturated heterocycles. The number of fused-ring (bicyclic) bond motifs is 1. The number of nitrogens with two attached hydrogens (primary N) is 1. The molecule has 178 valence electrons. The summed E-state index contributed by atoms with van der Waals surface area (Å²) in [5.41, 5.74) is 9.27. The van der Waals surface area contributed by atoms with Crippen LogP contribution in [0.1, 0.15) is 19.4 Å². The van der Waals surface area contributed by atoms with Gasteiger partial charge in [-0.25, -0.2) is 17.4 Å². The number of nitrogens with zero attached hydrogens (tertiary/aromatic N) is 4. The predicted octanol–water partition coefficient (Wildman–Crippen LogP) is 5.14. The zero-order valence-electron chi connectivity index (χ0n) is 19.3. The van der Waals surface area contributed by atoms with Crippen LogP contribution in [0.5, 0.6) is 5.88 Å². The molecule has 2 N–H and O–H groups in total. The fourth-order valence-electron chi connectivity index (χ4n) is 3.78. The smallest absolute Gasteiger partial charge is 0.268 e. The zero-order valence-corrected chi connectivity index (χ0v) is 21.0. The van der Waals surface area contributed by atoms with Crippen LogP contribution in [0.3, 0.4) is 0 Å². The monoisotopic (exact) mass is 505 g/mol. The summed E-state index contributed by atoms with van der Waals surface area (Å²) in [4.78, 5) is 9.12. The van der Waals surface area contributed by atoms with E-state index < -0.39 is 10.0 Å². The third kappa shape index (κ3) is 4.38. The normalized spacial score (nSPS) is 11.9. The fraction of sp³-hybridized carbons (Fsp3) is 0.160. The molecule has 0 aliphatic carbocycles.